The predicted octanol–water partition coefficient (Wildman–Crippen LogP) is 4.72. The standard InChI is InChI=1S/C27H33NO6/c1-4-6-10-16-34-21-14-13-20(18-22(21)33-5-2)24-23(25(29)19-11-8-7-9-12-19)26(30)27(31)28(24)15-17-32-3/h7-9,11-14,18,24,29H,4-6,10,15-17H2,1-3H3/b25-23+. The van der Waals surface area contributed by atoms with Crippen LogP contribution >= 0.6 is 0 Å². The van der Waals surface area contributed by atoms with Crippen molar-refractivity contribution in [1.29, 1.82) is 0 Å². The number of methoxy groups -OCH3 is 1. The van der Waals surface area contributed by atoms with E-state index in [1.165, 1.54) is 12.0 Å². The Labute approximate surface area is 200 Å². The topological polar surface area (TPSA) is 85.3 Å². The molecule has 7 nitrogen and oxygen atoms in total. The predicted molar refractivity (Wildman–Crippen MR) is 130 cm³/mol. The van der Waals surface area contributed by atoms with Gasteiger partial charge in [-0.15, -0.1) is 0 Å². The van der Waals surface area contributed by atoms with Gasteiger partial charge in [-0.3, -0.25) is 9.59 Å². The highest BCUT2D eigenvalue weighted by molar-refractivity contribution is 6.46. The van der Waals surface area contributed by atoms with E-state index in [9.17, 15) is 14.7 Å². The number of unbranched alkanes of at least 4 members (excludes halogenated alkanes) is 2. The molecule has 7 heteroatoms. The summed E-state index contributed by atoms with van der Waals surface area (Å²) in [6, 6.07) is 13.4. The molecule has 1 fully saturated rings. The quantitative estimate of drug-likeness (QED) is 0.210. The van der Waals surface area contributed by atoms with Gasteiger partial charge in [-0.1, -0.05) is 56.2 Å². The summed E-state index contributed by atoms with van der Waals surface area (Å²) in [6.45, 7) is 5.49. The zero-order valence-electron chi connectivity index (χ0n) is 20.1. The second kappa shape index (κ2) is 12.2. The van der Waals surface area contributed by atoms with Crippen LogP contribution in [-0.4, -0.2) is 55.2 Å². The van der Waals surface area contributed by atoms with Crippen molar-refractivity contribution in [2.24, 2.45) is 0 Å². The van der Waals surface area contributed by atoms with E-state index < -0.39 is 17.7 Å². The van der Waals surface area contributed by atoms with E-state index in [1.807, 2.05) is 19.1 Å². The number of ketones is 1. The number of benzene rings is 2. The number of ether oxygens (including phenoxy) is 3. The molecule has 1 aliphatic rings. The fourth-order valence-corrected chi connectivity index (χ4v) is 4.01. The fourth-order valence-electron chi connectivity index (χ4n) is 4.01. The van der Waals surface area contributed by atoms with Gasteiger partial charge in [0.1, 0.15) is 5.76 Å². The maximum absolute atomic E-state index is 13.1. The molecule has 1 N–H and O–H groups in total. The van der Waals surface area contributed by atoms with Crippen LogP contribution in [-0.2, 0) is 14.3 Å². The first-order chi connectivity index (χ1) is 16.5. The molecule has 3 rings (SSSR count). The first kappa shape index (κ1) is 25.3. The molecule has 1 aliphatic heterocycles. The Kier molecular flexibility index (Phi) is 9.10. The first-order valence-electron chi connectivity index (χ1n) is 11.8. The molecule has 0 radical (unpaired) electrons. The Morgan fingerprint density at radius 1 is 0.971 bits per heavy atom. The number of carbonyl (C=O) groups is 2. The molecule has 1 amide bonds. The monoisotopic (exact) mass is 467 g/mol. The molecule has 1 unspecified atom stereocenters. The molecule has 1 atom stereocenters. The molecule has 0 saturated carbocycles. The lowest BCUT2D eigenvalue weighted by Gasteiger charge is -2.26. The van der Waals surface area contributed by atoms with Crippen molar-refractivity contribution in [3.63, 3.8) is 0 Å². The van der Waals surface area contributed by atoms with Gasteiger partial charge in [-0.25, -0.2) is 0 Å². The zero-order chi connectivity index (χ0) is 24.5. The average molecular weight is 468 g/mol. The number of Topliss-reactive ketones (excluding diaryl/α,β-unsaturated/α-hetero) is 1. The number of hydrogen-bond donors (Lipinski definition) is 1. The Bertz CT molecular complexity index is 1020. The van der Waals surface area contributed by atoms with E-state index >= 15 is 0 Å². The molecule has 1 heterocycles. The number of aliphatic hydroxyl groups is 1. The van der Waals surface area contributed by atoms with E-state index in [0.29, 0.717) is 35.8 Å². The Hall–Kier alpha value is -3.32. The van der Waals surface area contributed by atoms with Crippen molar-refractivity contribution >= 4 is 17.4 Å². The number of rotatable bonds is 12. The smallest absolute Gasteiger partial charge is 0.295 e. The SMILES string of the molecule is CCCCCOc1ccc(C2/C(=C(\O)c3ccccc3)C(=O)C(=O)N2CCOC)cc1OCC. The molecule has 0 bridgehead atoms. The van der Waals surface area contributed by atoms with Gasteiger partial charge in [0.2, 0.25) is 0 Å². The maximum Gasteiger partial charge on any atom is 0.295 e. The molecule has 182 valence electrons. The van der Waals surface area contributed by atoms with Gasteiger partial charge in [0.15, 0.2) is 11.5 Å². The molecule has 34 heavy (non-hydrogen) atoms. The Balaban J connectivity index is 2.06. The van der Waals surface area contributed by atoms with E-state index in [4.69, 9.17) is 14.2 Å². The summed E-state index contributed by atoms with van der Waals surface area (Å²) in [7, 11) is 1.54. The number of hydrogen-bond acceptors (Lipinski definition) is 6. The van der Waals surface area contributed by atoms with Crippen LogP contribution in [0.4, 0.5) is 0 Å². The molecule has 2 aromatic carbocycles. The van der Waals surface area contributed by atoms with Crippen LogP contribution in [0.5, 0.6) is 11.5 Å². The highest BCUT2D eigenvalue weighted by Gasteiger charge is 2.46. The van der Waals surface area contributed by atoms with Crippen molar-refractivity contribution in [3.05, 3.63) is 65.2 Å². The summed E-state index contributed by atoms with van der Waals surface area (Å²) < 4.78 is 16.9. The first-order valence-corrected chi connectivity index (χ1v) is 11.8. The van der Waals surface area contributed by atoms with Crippen molar-refractivity contribution in [2.75, 3.05) is 33.5 Å². The normalized spacial score (nSPS) is 17.3. The Morgan fingerprint density at radius 2 is 1.74 bits per heavy atom. The largest absolute Gasteiger partial charge is 0.507 e. The fraction of sp³-hybridized carbons (Fsp3) is 0.407. The number of likely N-dealkylation sites (tertiary alicyclic amines) is 1. The van der Waals surface area contributed by atoms with Gasteiger partial charge < -0.3 is 24.2 Å². The molecular weight excluding hydrogens is 434 g/mol. The number of carbonyl (C=O) groups excluding carboxylic acids is 2. The summed E-state index contributed by atoms with van der Waals surface area (Å²) in [4.78, 5) is 27.4. The van der Waals surface area contributed by atoms with Crippen molar-refractivity contribution < 1.29 is 28.9 Å². The second-order valence-electron chi connectivity index (χ2n) is 8.05. The maximum atomic E-state index is 13.1. The molecule has 1 saturated heterocycles. The summed E-state index contributed by atoms with van der Waals surface area (Å²) in [5.41, 5.74) is 1.17. The van der Waals surface area contributed by atoms with Crippen LogP contribution in [0, 0.1) is 0 Å². The number of aliphatic hydroxyl groups excluding tert-OH is 1. The summed E-state index contributed by atoms with van der Waals surface area (Å²) in [5, 5.41) is 11.1. The minimum absolute atomic E-state index is 0.0476. The minimum Gasteiger partial charge on any atom is -0.507 e. The number of nitrogens with zero attached hydrogens (tertiary/aromatic N) is 1. The molecule has 0 aliphatic carbocycles. The second-order valence-corrected chi connectivity index (χ2v) is 8.05. The molecule has 0 spiro atoms. The lowest BCUT2D eigenvalue weighted by Crippen LogP contribution is -2.32. The van der Waals surface area contributed by atoms with Crippen LogP contribution in [0.25, 0.3) is 5.76 Å². The summed E-state index contributed by atoms with van der Waals surface area (Å²) in [5.74, 6) is -0.452. The van der Waals surface area contributed by atoms with E-state index in [2.05, 4.69) is 6.92 Å². The van der Waals surface area contributed by atoms with Crippen LogP contribution in [0.15, 0.2) is 54.1 Å². The lowest BCUT2D eigenvalue weighted by molar-refractivity contribution is -0.140. The zero-order valence-corrected chi connectivity index (χ0v) is 20.1. The molecule has 0 aromatic heterocycles. The minimum atomic E-state index is -0.774. The third-order valence-electron chi connectivity index (χ3n) is 5.71. The van der Waals surface area contributed by atoms with Gasteiger partial charge in [-0.05, 0) is 31.0 Å². The summed E-state index contributed by atoms with van der Waals surface area (Å²) >= 11 is 0. The van der Waals surface area contributed by atoms with Crippen LogP contribution in [0.1, 0.15) is 50.3 Å². The molecular formula is C27H33NO6. The molecule has 2 aromatic rings. The third-order valence-corrected chi connectivity index (χ3v) is 5.71. The van der Waals surface area contributed by atoms with Gasteiger partial charge in [0.05, 0.1) is 31.4 Å². The Morgan fingerprint density at radius 3 is 2.41 bits per heavy atom. The highest BCUT2D eigenvalue weighted by atomic mass is 16.5. The van der Waals surface area contributed by atoms with Crippen LogP contribution < -0.4 is 9.47 Å². The van der Waals surface area contributed by atoms with E-state index in [1.54, 1.807) is 36.4 Å². The third kappa shape index (κ3) is 5.59. The van der Waals surface area contributed by atoms with E-state index in [0.717, 1.165) is 19.3 Å². The van der Waals surface area contributed by atoms with E-state index in [-0.39, 0.29) is 24.5 Å². The van der Waals surface area contributed by atoms with Gasteiger partial charge in [0, 0.05) is 19.2 Å². The van der Waals surface area contributed by atoms with Crippen LogP contribution in [0.2, 0.25) is 0 Å². The lowest BCUT2D eigenvalue weighted by atomic mass is 9.95. The van der Waals surface area contributed by atoms with Gasteiger partial charge in [-0.2, -0.15) is 0 Å². The van der Waals surface area contributed by atoms with Crippen LogP contribution in [0.3, 0.4) is 0 Å². The van der Waals surface area contributed by atoms with Gasteiger partial charge >= 0.3 is 0 Å². The van der Waals surface area contributed by atoms with Crippen molar-refractivity contribution in [2.45, 2.75) is 39.2 Å². The van der Waals surface area contributed by atoms with Gasteiger partial charge in [0.25, 0.3) is 11.7 Å². The van der Waals surface area contributed by atoms with Crippen molar-refractivity contribution in [1.82, 2.24) is 4.90 Å². The van der Waals surface area contributed by atoms with Crippen molar-refractivity contribution in [3.8, 4) is 11.5 Å². The highest BCUT2D eigenvalue weighted by Crippen LogP contribution is 2.42. The average Bonchev–Trinajstić information content (AvgIpc) is 3.11. The summed E-state index contributed by atoms with van der Waals surface area (Å²) in [6.07, 6.45) is 3.12. The number of amides is 1.